The van der Waals surface area contributed by atoms with Crippen LogP contribution in [-0.2, 0) is 0 Å². The van der Waals surface area contributed by atoms with Crippen LogP contribution in [0.15, 0.2) is 37.0 Å². The van der Waals surface area contributed by atoms with Gasteiger partial charge in [-0.2, -0.15) is 0 Å². The van der Waals surface area contributed by atoms with Crippen LogP contribution in [0.4, 0.5) is 4.39 Å². The summed E-state index contributed by atoms with van der Waals surface area (Å²) in [4.78, 5) is 4.17. The van der Waals surface area contributed by atoms with Crippen LogP contribution < -0.4 is 9.47 Å². The third-order valence-corrected chi connectivity index (χ3v) is 2.78. The SMILES string of the molecule is C=Cc1cc(OC)c(-c2cc(OC)ccc2F)cn1. The van der Waals surface area contributed by atoms with E-state index in [1.165, 1.54) is 20.3 Å². The van der Waals surface area contributed by atoms with Crippen molar-refractivity contribution in [2.75, 3.05) is 14.2 Å². The van der Waals surface area contributed by atoms with Crippen LogP contribution >= 0.6 is 0 Å². The summed E-state index contributed by atoms with van der Waals surface area (Å²) in [5.74, 6) is 0.760. The van der Waals surface area contributed by atoms with Crippen molar-refractivity contribution < 1.29 is 13.9 Å². The van der Waals surface area contributed by atoms with Crippen molar-refractivity contribution in [2.24, 2.45) is 0 Å². The molecule has 0 aliphatic heterocycles. The number of rotatable bonds is 4. The molecule has 1 aromatic heterocycles. The smallest absolute Gasteiger partial charge is 0.131 e. The molecular formula is C15H14FNO2. The van der Waals surface area contributed by atoms with Gasteiger partial charge in [0.25, 0.3) is 0 Å². The van der Waals surface area contributed by atoms with Gasteiger partial charge in [-0.05, 0) is 24.3 Å². The number of aromatic nitrogens is 1. The van der Waals surface area contributed by atoms with E-state index in [1.54, 1.807) is 30.5 Å². The normalized spacial score (nSPS) is 10.1. The molecule has 0 fully saturated rings. The monoisotopic (exact) mass is 259 g/mol. The Balaban J connectivity index is 2.60. The Bertz CT molecular complexity index is 611. The first-order chi connectivity index (χ1) is 9.19. The van der Waals surface area contributed by atoms with E-state index in [9.17, 15) is 4.39 Å². The fourth-order valence-corrected chi connectivity index (χ4v) is 1.77. The van der Waals surface area contributed by atoms with Gasteiger partial charge in [-0.3, -0.25) is 4.98 Å². The van der Waals surface area contributed by atoms with Crippen LogP contribution in [-0.4, -0.2) is 19.2 Å². The lowest BCUT2D eigenvalue weighted by atomic mass is 10.1. The summed E-state index contributed by atoms with van der Waals surface area (Å²) >= 11 is 0. The number of benzene rings is 1. The van der Waals surface area contributed by atoms with Gasteiger partial charge >= 0.3 is 0 Å². The van der Waals surface area contributed by atoms with Crippen LogP contribution in [0, 0.1) is 5.82 Å². The molecule has 1 heterocycles. The highest BCUT2D eigenvalue weighted by atomic mass is 19.1. The Labute approximate surface area is 111 Å². The summed E-state index contributed by atoms with van der Waals surface area (Å²) in [5, 5.41) is 0. The maximum absolute atomic E-state index is 13.9. The molecule has 0 amide bonds. The molecule has 1 aromatic carbocycles. The average Bonchev–Trinajstić information content (AvgIpc) is 2.47. The Morgan fingerprint density at radius 2 is 1.95 bits per heavy atom. The van der Waals surface area contributed by atoms with Gasteiger partial charge < -0.3 is 9.47 Å². The fourth-order valence-electron chi connectivity index (χ4n) is 1.77. The number of hydrogen-bond acceptors (Lipinski definition) is 3. The Morgan fingerprint density at radius 1 is 1.16 bits per heavy atom. The zero-order chi connectivity index (χ0) is 13.8. The molecule has 0 radical (unpaired) electrons. The highest BCUT2D eigenvalue weighted by molar-refractivity contribution is 5.72. The van der Waals surface area contributed by atoms with Crippen LogP contribution in [0.2, 0.25) is 0 Å². The molecule has 2 aromatic rings. The van der Waals surface area contributed by atoms with E-state index in [2.05, 4.69) is 11.6 Å². The summed E-state index contributed by atoms with van der Waals surface area (Å²) in [6.07, 6.45) is 3.17. The maximum Gasteiger partial charge on any atom is 0.131 e. The number of methoxy groups -OCH3 is 2. The minimum Gasteiger partial charge on any atom is -0.497 e. The third kappa shape index (κ3) is 2.57. The summed E-state index contributed by atoms with van der Waals surface area (Å²) < 4.78 is 24.3. The zero-order valence-corrected chi connectivity index (χ0v) is 10.8. The standard InChI is InChI=1S/C15H14FNO2/c1-4-10-7-15(19-3)13(9-17-10)12-8-11(18-2)5-6-14(12)16/h4-9H,1H2,2-3H3. The fraction of sp³-hybridized carbons (Fsp3) is 0.133. The second kappa shape index (κ2) is 5.52. The number of halogens is 1. The lowest BCUT2D eigenvalue weighted by molar-refractivity contribution is 0.412. The van der Waals surface area contributed by atoms with Crippen molar-refractivity contribution in [3.05, 3.63) is 48.6 Å². The number of nitrogens with zero attached hydrogens (tertiary/aromatic N) is 1. The molecule has 2 rings (SSSR count). The molecule has 0 unspecified atom stereocenters. The van der Waals surface area contributed by atoms with Crippen molar-refractivity contribution in [1.29, 1.82) is 0 Å². The predicted octanol–water partition coefficient (Wildman–Crippen LogP) is 3.55. The van der Waals surface area contributed by atoms with Gasteiger partial charge in [0, 0.05) is 23.4 Å². The summed E-state index contributed by atoms with van der Waals surface area (Å²) in [6.45, 7) is 3.64. The highest BCUT2D eigenvalue weighted by Gasteiger charge is 2.12. The first kappa shape index (κ1) is 13.1. The predicted molar refractivity (Wildman–Crippen MR) is 72.8 cm³/mol. The van der Waals surface area contributed by atoms with E-state index in [0.29, 0.717) is 28.3 Å². The Morgan fingerprint density at radius 3 is 2.58 bits per heavy atom. The zero-order valence-electron chi connectivity index (χ0n) is 10.8. The van der Waals surface area contributed by atoms with Crippen molar-refractivity contribution in [3.8, 4) is 22.6 Å². The summed E-state index contributed by atoms with van der Waals surface area (Å²) in [5.41, 5.74) is 1.63. The third-order valence-electron chi connectivity index (χ3n) is 2.78. The molecular weight excluding hydrogens is 245 g/mol. The van der Waals surface area contributed by atoms with E-state index >= 15 is 0 Å². The van der Waals surface area contributed by atoms with Crippen molar-refractivity contribution in [1.82, 2.24) is 4.98 Å². The minimum absolute atomic E-state index is 0.354. The topological polar surface area (TPSA) is 31.4 Å². The minimum atomic E-state index is -0.354. The van der Waals surface area contributed by atoms with Crippen LogP contribution in [0.1, 0.15) is 5.69 Å². The molecule has 0 spiro atoms. The summed E-state index contributed by atoms with van der Waals surface area (Å²) in [6, 6.07) is 6.25. The molecule has 0 saturated carbocycles. The second-order valence-corrected chi connectivity index (χ2v) is 3.86. The first-order valence-electron chi connectivity index (χ1n) is 5.70. The van der Waals surface area contributed by atoms with E-state index in [1.807, 2.05) is 0 Å². The van der Waals surface area contributed by atoms with E-state index in [-0.39, 0.29) is 5.82 Å². The van der Waals surface area contributed by atoms with Crippen molar-refractivity contribution >= 4 is 6.08 Å². The summed E-state index contributed by atoms with van der Waals surface area (Å²) in [7, 11) is 3.07. The van der Waals surface area contributed by atoms with Crippen molar-refractivity contribution in [3.63, 3.8) is 0 Å². The van der Waals surface area contributed by atoms with Gasteiger partial charge in [-0.25, -0.2) is 4.39 Å². The molecule has 0 N–H and O–H groups in total. The van der Waals surface area contributed by atoms with E-state index in [4.69, 9.17) is 9.47 Å². The Hall–Kier alpha value is -2.36. The van der Waals surface area contributed by atoms with Crippen LogP contribution in [0.3, 0.4) is 0 Å². The number of hydrogen-bond donors (Lipinski definition) is 0. The van der Waals surface area contributed by atoms with Crippen molar-refractivity contribution in [2.45, 2.75) is 0 Å². The van der Waals surface area contributed by atoms with Gasteiger partial charge in [-0.1, -0.05) is 6.58 Å². The lowest BCUT2D eigenvalue weighted by Gasteiger charge is -2.11. The van der Waals surface area contributed by atoms with E-state index < -0.39 is 0 Å². The van der Waals surface area contributed by atoms with Crippen LogP contribution in [0.5, 0.6) is 11.5 Å². The van der Waals surface area contributed by atoms with Gasteiger partial charge in [0.2, 0.25) is 0 Å². The molecule has 3 nitrogen and oxygen atoms in total. The first-order valence-corrected chi connectivity index (χ1v) is 5.70. The molecule has 0 saturated heterocycles. The highest BCUT2D eigenvalue weighted by Crippen LogP contribution is 2.33. The van der Waals surface area contributed by atoms with E-state index in [0.717, 1.165) is 0 Å². The number of ether oxygens (including phenoxy) is 2. The average molecular weight is 259 g/mol. The van der Waals surface area contributed by atoms with Gasteiger partial charge in [-0.15, -0.1) is 0 Å². The number of pyridine rings is 1. The molecule has 4 heteroatoms. The van der Waals surface area contributed by atoms with Crippen LogP contribution in [0.25, 0.3) is 17.2 Å². The Kier molecular flexibility index (Phi) is 3.80. The lowest BCUT2D eigenvalue weighted by Crippen LogP contribution is -1.94. The quantitative estimate of drug-likeness (QED) is 0.841. The molecule has 0 aliphatic carbocycles. The largest absolute Gasteiger partial charge is 0.497 e. The van der Waals surface area contributed by atoms with Gasteiger partial charge in [0.05, 0.1) is 19.9 Å². The molecule has 0 bridgehead atoms. The second-order valence-electron chi connectivity index (χ2n) is 3.86. The van der Waals surface area contributed by atoms with Gasteiger partial charge in [0.1, 0.15) is 17.3 Å². The molecule has 0 aliphatic rings. The molecule has 98 valence electrons. The maximum atomic E-state index is 13.9. The molecule has 0 atom stereocenters. The van der Waals surface area contributed by atoms with Gasteiger partial charge in [0.15, 0.2) is 0 Å². The molecule has 19 heavy (non-hydrogen) atoms.